The van der Waals surface area contributed by atoms with Gasteiger partial charge in [-0.05, 0) is 36.1 Å². The second-order valence-corrected chi connectivity index (χ2v) is 7.22. The standard InChI is InChI=1S/C22H25N3OS/c1-4-14-25-19-13-8-7-12-18(19)23-22(25)27-15-20(26)24-21-16(5-2)10-9-11-17(21)6-3/h4,7-13H,1,5-6,14-15H2,2-3H3,(H,24,26). The van der Waals surface area contributed by atoms with Crippen LogP contribution in [0.15, 0.2) is 60.3 Å². The Kier molecular flexibility index (Phi) is 6.35. The molecule has 0 spiro atoms. The third-order valence-electron chi connectivity index (χ3n) is 4.53. The van der Waals surface area contributed by atoms with Crippen molar-refractivity contribution in [1.82, 2.24) is 9.55 Å². The van der Waals surface area contributed by atoms with Gasteiger partial charge in [-0.15, -0.1) is 6.58 Å². The lowest BCUT2D eigenvalue weighted by Gasteiger charge is -2.14. The van der Waals surface area contributed by atoms with Crippen LogP contribution >= 0.6 is 11.8 Å². The lowest BCUT2D eigenvalue weighted by atomic mass is 10.0. The summed E-state index contributed by atoms with van der Waals surface area (Å²) < 4.78 is 2.09. The van der Waals surface area contributed by atoms with Crippen LogP contribution in [0.3, 0.4) is 0 Å². The summed E-state index contributed by atoms with van der Waals surface area (Å²) in [5.41, 5.74) is 5.31. The molecule has 0 bridgehead atoms. The van der Waals surface area contributed by atoms with Crippen molar-refractivity contribution in [2.24, 2.45) is 0 Å². The van der Waals surface area contributed by atoms with E-state index in [0.717, 1.165) is 34.7 Å². The number of hydrogen-bond donors (Lipinski definition) is 1. The van der Waals surface area contributed by atoms with E-state index >= 15 is 0 Å². The van der Waals surface area contributed by atoms with Crippen LogP contribution < -0.4 is 5.32 Å². The molecule has 0 fully saturated rings. The molecule has 0 aliphatic rings. The minimum Gasteiger partial charge on any atom is -0.325 e. The van der Waals surface area contributed by atoms with Gasteiger partial charge in [0.1, 0.15) is 0 Å². The molecular weight excluding hydrogens is 354 g/mol. The maximum absolute atomic E-state index is 12.6. The number of allylic oxidation sites excluding steroid dienone is 1. The second kappa shape index (κ2) is 8.91. The number of carbonyl (C=O) groups excluding carboxylic acids is 1. The van der Waals surface area contributed by atoms with Gasteiger partial charge < -0.3 is 9.88 Å². The van der Waals surface area contributed by atoms with Gasteiger partial charge in [-0.1, -0.05) is 62.0 Å². The number of aromatic nitrogens is 2. The van der Waals surface area contributed by atoms with Crippen LogP contribution in [0.4, 0.5) is 5.69 Å². The lowest BCUT2D eigenvalue weighted by molar-refractivity contribution is -0.113. The molecule has 3 aromatic rings. The van der Waals surface area contributed by atoms with Gasteiger partial charge >= 0.3 is 0 Å². The summed E-state index contributed by atoms with van der Waals surface area (Å²) >= 11 is 1.46. The Balaban J connectivity index is 1.76. The van der Waals surface area contributed by atoms with Crippen molar-refractivity contribution in [3.05, 3.63) is 66.2 Å². The highest BCUT2D eigenvalue weighted by molar-refractivity contribution is 7.99. The average molecular weight is 380 g/mol. The number of fused-ring (bicyclic) bond motifs is 1. The number of nitrogens with zero attached hydrogens (tertiary/aromatic N) is 2. The van der Waals surface area contributed by atoms with Gasteiger partial charge in [0.05, 0.1) is 16.8 Å². The fraction of sp³-hybridized carbons (Fsp3) is 0.273. The number of thioether (sulfide) groups is 1. The summed E-state index contributed by atoms with van der Waals surface area (Å²) in [5.74, 6) is 0.314. The van der Waals surface area contributed by atoms with E-state index < -0.39 is 0 Å². The third kappa shape index (κ3) is 4.25. The molecule has 1 aromatic heterocycles. The van der Waals surface area contributed by atoms with Crippen LogP contribution in [0.25, 0.3) is 11.0 Å². The highest BCUT2D eigenvalue weighted by Crippen LogP contribution is 2.26. The Morgan fingerprint density at radius 3 is 2.52 bits per heavy atom. The SMILES string of the molecule is C=CCn1c(SCC(=O)Nc2c(CC)cccc2CC)nc2ccccc21. The molecule has 2 aromatic carbocycles. The van der Waals surface area contributed by atoms with E-state index in [1.54, 1.807) is 0 Å². The molecule has 0 radical (unpaired) electrons. The first-order valence-corrected chi connectivity index (χ1v) is 10.3. The normalized spacial score (nSPS) is 10.9. The van der Waals surface area contributed by atoms with Crippen LogP contribution in [-0.4, -0.2) is 21.2 Å². The van der Waals surface area contributed by atoms with Crippen LogP contribution in [0, 0.1) is 0 Å². The Morgan fingerprint density at radius 1 is 1.15 bits per heavy atom. The summed E-state index contributed by atoms with van der Waals surface area (Å²) in [7, 11) is 0. The van der Waals surface area contributed by atoms with E-state index in [2.05, 4.69) is 53.5 Å². The molecule has 5 heteroatoms. The monoisotopic (exact) mass is 379 g/mol. The smallest absolute Gasteiger partial charge is 0.234 e. The van der Waals surface area contributed by atoms with E-state index in [1.165, 1.54) is 22.9 Å². The van der Waals surface area contributed by atoms with Gasteiger partial charge in [0, 0.05) is 12.2 Å². The highest BCUT2D eigenvalue weighted by Gasteiger charge is 2.14. The molecule has 1 N–H and O–H groups in total. The summed E-state index contributed by atoms with van der Waals surface area (Å²) in [6.07, 6.45) is 3.64. The van der Waals surface area contributed by atoms with E-state index in [0.29, 0.717) is 12.3 Å². The number of nitrogens with one attached hydrogen (secondary N) is 1. The van der Waals surface area contributed by atoms with Crippen molar-refractivity contribution >= 4 is 34.4 Å². The second-order valence-electron chi connectivity index (χ2n) is 6.28. The van der Waals surface area contributed by atoms with Gasteiger partial charge in [-0.25, -0.2) is 4.98 Å². The lowest BCUT2D eigenvalue weighted by Crippen LogP contribution is -2.17. The number of anilines is 1. The first kappa shape index (κ1) is 19.2. The fourth-order valence-electron chi connectivity index (χ4n) is 3.18. The van der Waals surface area contributed by atoms with Crippen molar-refractivity contribution in [1.29, 1.82) is 0 Å². The minimum absolute atomic E-state index is 0.00666. The van der Waals surface area contributed by atoms with Crippen LogP contribution in [-0.2, 0) is 24.2 Å². The molecule has 3 rings (SSSR count). The first-order valence-electron chi connectivity index (χ1n) is 9.27. The Morgan fingerprint density at radius 2 is 1.85 bits per heavy atom. The topological polar surface area (TPSA) is 46.9 Å². The molecule has 140 valence electrons. The van der Waals surface area contributed by atoms with Crippen LogP contribution in [0.5, 0.6) is 0 Å². The zero-order valence-corrected chi connectivity index (χ0v) is 16.7. The Hall–Kier alpha value is -2.53. The number of aryl methyl sites for hydroxylation is 2. The van der Waals surface area contributed by atoms with Gasteiger partial charge in [0.2, 0.25) is 5.91 Å². The summed E-state index contributed by atoms with van der Waals surface area (Å²) in [6.45, 7) is 8.72. The molecule has 27 heavy (non-hydrogen) atoms. The number of amides is 1. The summed E-state index contributed by atoms with van der Waals surface area (Å²) in [6, 6.07) is 14.2. The van der Waals surface area contributed by atoms with Gasteiger partial charge in [0.25, 0.3) is 0 Å². The van der Waals surface area contributed by atoms with E-state index in [-0.39, 0.29) is 5.91 Å². The maximum Gasteiger partial charge on any atom is 0.234 e. The molecule has 0 aliphatic heterocycles. The number of imidazole rings is 1. The molecule has 4 nitrogen and oxygen atoms in total. The van der Waals surface area contributed by atoms with E-state index in [9.17, 15) is 4.79 Å². The molecular formula is C22H25N3OS. The predicted molar refractivity (Wildman–Crippen MR) is 114 cm³/mol. The number of benzene rings is 2. The number of para-hydroxylation sites is 3. The number of hydrogen-bond acceptors (Lipinski definition) is 3. The van der Waals surface area contributed by atoms with Crippen LogP contribution in [0.1, 0.15) is 25.0 Å². The maximum atomic E-state index is 12.6. The average Bonchev–Trinajstić information content (AvgIpc) is 3.04. The number of carbonyl (C=O) groups is 1. The Labute approximate surface area is 164 Å². The van der Waals surface area contributed by atoms with Crippen LogP contribution in [0.2, 0.25) is 0 Å². The molecule has 0 saturated carbocycles. The molecule has 1 amide bonds. The Bertz CT molecular complexity index is 939. The molecule has 0 unspecified atom stereocenters. The predicted octanol–water partition coefficient (Wildman–Crippen LogP) is 5.08. The zero-order chi connectivity index (χ0) is 19.2. The van der Waals surface area contributed by atoms with E-state index in [4.69, 9.17) is 0 Å². The van der Waals surface area contributed by atoms with Crippen molar-refractivity contribution in [3.63, 3.8) is 0 Å². The molecule has 1 heterocycles. The molecule has 0 atom stereocenters. The van der Waals surface area contributed by atoms with Gasteiger partial charge in [0.15, 0.2) is 5.16 Å². The van der Waals surface area contributed by atoms with Gasteiger partial charge in [-0.3, -0.25) is 4.79 Å². The van der Waals surface area contributed by atoms with Gasteiger partial charge in [-0.2, -0.15) is 0 Å². The quantitative estimate of drug-likeness (QED) is 0.439. The number of rotatable bonds is 8. The fourth-order valence-corrected chi connectivity index (χ4v) is 4.00. The van der Waals surface area contributed by atoms with E-state index in [1.807, 2.05) is 30.3 Å². The largest absolute Gasteiger partial charge is 0.325 e. The van der Waals surface area contributed by atoms with Crippen molar-refractivity contribution in [2.75, 3.05) is 11.1 Å². The van der Waals surface area contributed by atoms with Crippen molar-refractivity contribution in [3.8, 4) is 0 Å². The minimum atomic E-state index is -0.00666. The summed E-state index contributed by atoms with van der Waals surface area (Å²) in [4.78, 5) is 17.3. The highest BCUT2D eigenvalue weighted by atomic mass is 32.2. The molecule has 0 aliphatic carbocycles. The third-order valence-corrected chi connectivity index (χ3v) is 5.50. The first-order chi connectivity index (χ1) is 13.2. The summed E-state index contributed by atoms with van der Waals surface area (Å²) in [5, 5.41) is 3.96. The zero-order valence-electron chi connectivity index (χ0n) is 15.9. The van der Waals surface area contributed by atoms with Crippen molar-refractivity contribution < 1.29 is 4.79 Å². The molecule has 0 saturated heterocycles. The van der Waals surface area contributed by atoms with Crippen molar-refractivity contribution in [2.45, 2.75) is 38.4 Å².